The molecule has 0 fully saturated rings. The van der Waals surface area contributed by atoms with Crippen LogP contribution < -0.4 is 10.2 Å². The predicted octanol–water partition coefficient (Wildman–Crippen LogP) is 5.46. The normalized spacial score (nSPS) is 19.4. The van der Waals surface area contributed by atoms with E-state index < -0.39 is 0 Å². The molecule has 5 nitrogen and oxygen atoms in total. The maximum Gasteiger partial charge on any atom is 0.232 e. The molecule has 1 atom stereocenters. The summed E-state index contributed by atoms with van der Waals surface area (Å²) >= 11 is 0. The molecular weight excluding hydrogens is 372 g/mol. The zero-order valence-corrected chi connectivity index (χ0v) is 17.6. The third kappa shape index (κ3) is 3.24. The van der Waals surface area contributed by atoms with Crippen molar-refractivity contribution in [2.24, 2.45) is 5.41 Å². The second-order valence-electron chi connectivity index (χ2n) is 9.18. The molecule has 1 aliphatic heterocycles. The van der Waals surface area contributed by atoms with E-state index in [9.17, 15) is 4.79 Å². The number of rotatable bonds is 3. The Morgan fingerprint density at radius 2 is 1.73 bits per heavy atom. The van der Waals surface area contributed by atoms with Gasteiger partial charge in [0, 0.05) is 23.8 Å². The monoisotopic (exact) mass is 398 g/mol. The van der Waals surface area contributed by atoms with E-state index >= 15 is 0 Å². The Hall–Kier alpha value is -3.21. The minimum Gasteiger partial charge on any atom is -0.339 e. The number of ketones is 1. The number of Topliss-reactive ketones (excluding diaryl/α,β-unsaturated/α-hetero) is 1. The van der Waals surface area contributed by atoms with Crippen molar-refractivity contribution in [1.29, 1.82) is 0 Å². The van der Waals surface area contributed by atoms with Crippen molar-refractivity contribution in [1.82, 2.24) is 9.97 Å². The summed E-state index contributed by atoms with van der Waals surface area (Å²) in [5.74, 6) is 1.38. The van der Waals surface area contributed by atoms with Gasteiger partial charge in [-0.25, -0.2) is 4.98 Å². The fourth-order valence-corrected chi connectivity index (χ4v) is 4.68. The van der Waals surface area contributed by atoms with Crippen molar-refractivity contribution >= 4 is 28.9 Å². The van der Waals surface area contributed by atoms with Crippen LogP contribution in [-0.2, 0) is 12.8 Å². The van der Waals surface area contributed by atoms with E-state index in [0.29, 0.717) is 23.8 Å². The third-order valence-corrected chi connectivity index (χ3v) is 6.00. The standard InChI is InChI=1S/C25H26N4O/c1-16-13-17-9-7-8-12-20(17)29(16)24-27-19-14-25(2,3)15-21(30)22(19)23(28-24)26-18-10-5-4-6-11-18/h4-12,16H,13-15H2,1-3H3,(H,26,27,28). The molecule has 2 aliphatic rings. The summed E-state index contributed by atoms with van der Waals surface area (Å²) in [4.78, 5) is 25.1. The number of hydrogen-bond acceptors (Lipinski definition) is 5. The van der Waals surface area contributed by atoms with Gasteiger partial charge in [-0.15, -0.1) is 0 Å². The largest absolute Gasteiger partial charge is 0.339 e. The molecule has 30 heavy (non-hydrogen) atoms. The number of nitrogens with zero attached hydrogens (tertiary/aromatic N) is 3. The lowest BCUT2D eigenvalue weighted by atomic mass is 9.75. The lowest BCUT2D eigenvalue weighted by Gasteiger charge is -2.32. The SMILES string of the molecule is CC1Cc2ccccc2N1c1nc2c(c(Nc3ccccc3)n1)C(=O)CC(C)(C)C2. The number of carbonyl (C=O) groups is 1. The van der Waals surface area contributed by atoms with Crippen LogP contribution in [0.3, 0.4) is 0 Å². The highest BCUT2D eigenvalue weighted by Crippen LogP contribution is 2.41. The molecule has 1 unspecified atom stereocenters. The zero-order chi connectivity index (χ0) is 20.9. The van der Waals surface area contributed by atoms with Gasteiger partial charge in [-0.2, -0.15) is 4.98 Å². The van der Waals surface area contributed by atoms with Gasteiger partial charge in [0.1, 0.15) is 5.82 Å². The predicted molar refractivity (Wildman–Crippen MR) is 120 cm³/mol. The van der Waals surface area contributed by atoms with Crippen LogP contribution >= 0.6 is 0 Å². The maximum absolute atomic E-state index is 13.1. The van der Waals surface area contributed by atoms with Crippen LogP contribution in [0, 0.1) is 5.41 Å². The van der Waals surface area contributed by atoms with Crippen molar-refractivity contribution in [3.63, 3.8) is 0 Å². The lowest BCUT2D eigenvalue weighted by molar-refractivity contribution is 0.0911. The molecule has 2 aromatic carbocycles. The molecule has 1 aliphatic carbocycles. The zero-order valence-electron chi connectivity index (χ0n) is 17.6. The van der Waals surface area contributed by atoms with Crippen LogP contribution in [0.15, 0.2) is 54.6 Å². The van der Waals surface area contributed by atoms with E-state index in [2.05, 4.69) is 55.3 Å². The summed E-state index contributed by atoms with van der Waals surface area (Å²) in [7, 11) is 0. The molecule has 2 heterocycles. The molecular formula is C25H26N4O. The minimum absolute atomic E-state index is 0.103. The van der Waals surface area contributed by atoms with Crippen molar-refractivity contribution in [2.45, 2.75) is 46.1 Å². The first-order valence-electron chi connectivity index (χ1n) is 10.5. The highest BCUT2D eigenvalue weighted by molar-refractivity contribution is 6.03. The van der Waals surface area contributed by atoms with Gasteiger partial charge >= 0.3 is 0 Å². The van der Waals surface area contributed by atoms with Gasteiger partial charge in [-0.05, 0) is 48.9 Å². The fourth-order valence-electron chi connectivity index (χ4n) is 4.68. The minimum atomic E-state index is -0.103. The molecule has 152 valence electrons. The molecule has 0 radical (unpaired) electrons. The molecule has 1 N–H and O–H groups in total. The average molecular weight is 399 g/mol. The van der Waals surface area contributed by atoms with Gasteiger partial charge in [0.25, 0.3) is 0 Å². The van der Waals surface area contributed by atoms with Crippen molar-refractivity contribution < 1.29 is 4.79 Å². The van der Waals surface area contributed by atoms with Crippen LogP contribution in [0.4, 0.5) is 23.1 Å². The quantitative estimate of drug-likeness (QED) is 0.635. The number of aromatic nitrogens is 2. The van der Waals surface area contributed by atoms with Crippen molar-refractivity contribution in [3.8, 4) is 0 Å². The van der Waals surface area contributed by atoms with Crippen LogP contribution in [-0.4, -0.2) is 21.8 Å². The fraction of sp³-hybridized carbons (Fsp3) is 0.320. The van der Waals surface area contributed by atoms with Crippen molar-refractivity contribution in [2.75, 3.05) is 10.2 Å². The Morgan fingerprint density at radius 1 is 1.00 bits per heavy atom. The first kappa shape index (κ1) is 18.8. The van der Waals surface area contributed by atoms with Gasteiger partial charge in [0.15, 0.2) is 5.78 Å². The first-order chi connectivity index (χ1) is 14.4. The van der Waals surface area contributed by atoms with E-state index in [4.69, 9.17) is 9.97 Å². The molecule has 3 aromatic rings. The average Bonchev–Trinajstić information content (AvgIpc) is 3.02. The van der Waals surface area contributed by atoms with Gasteiger partial charge < -0.3 is 10.2 Å². The Labute approximate surface area is 177 Å². The smallest absolute Gasteiger partial charge is 0.232 e. The van der Waals surface area contributed by atoms with Gasteiger partial charge in [0.2, 0.25) is 5.95 Å². The second kappa shape index (κ2) is 6.94. The molecule has 0 amide bonds. The molecule has 5 rings (SSSR count). The summed E-state index contributed by atoms with van der Waals surface area (Å²) in [6.07, 6.45) is 2.23. The molecule has 0 saturated heterocycles. The number of hydrogen-bond donors (Lipinski definition) is 1. The number of anilines is 4. The van der Waals surface area contributed by atoms with E-state index in [1.54, 1.807) is 0 Å². The Morgan fingerprint density at radius 3 is 2.53 bits per heavy atom. The van der Waals surface area contributed by atoms with Crippen LogP contribution in [0.2, 0.25) is 0 Å². The highest BCUT2D eigenvalue weighted by Gasteiger charge is 2.37. The van der Waals surface area contributed by atoms with Crippen LogP contribution in [0.1, 0.15) is 48.8 Å². The van der Waals surface area contributed by atoms with Gasteiger partial charge in [0.05, 0.1) is 11.3 Å². The molecule has 5 heteroatoms. The number of fused-ring (bicyclic) bond motifs is 2. The summed E-state index contributed by atoms with van der Waals surface area (Å²) in [5.41, 5.74) is 4.75. The van der Waals surface area contributed by atoms with E-state index in [-0.39, 0.29) is 17.2 Å². The Balaban J connectivity index is 1.66. The molecule has 1 aromatic heterocycles. The number of nitrogens with one attached hydrogen (secondary N) is 1. The van der Waals surface area contributed by atoms with E-state index in [0.717, 1.165) is 29.9 Å². The number of carbonyl (C=O) groups excluding carboxylic acids is 1. The van der Waals surface area contributed by atoms with Crippen LogP contribution in [0.5, 0.6) is 0 Å². The highest BCUT2D eigenvalue weighted by atomic mass is 16.1. The summed E-state index contributed by atoms with van der Waals surface area (Å²) < 4.78 is 0. The van der Waals surface area contributed by atoms with Gasteiger partial charge in [-0.3, -0.25) is 4.79 Å². The summed E-state index contributed by atoms with van der Waals surface area (Å²) in [6.45, 7) is 6.46. The topological polar surface area (TPSA) is 58.1 Å². The molecule has 0 bridgehead atoms. The van der Waals surface area contributed by atoms with Crippen molar-refractivity contribution in [3.05, 3.63) is 71.4 Å². The maximum atomic E-state index is 13.1. The van der Waals surface area contributed by atoms with E-state index in [1.807, 2.05) is 30.3 Å². The summed E-state index contributed by atoms with van der Waals surface area (Å²) in [6, 6.07) is 18.6. The van der Waals surface area contributed by atoms with Gasteiger partial charge in [-0.1, -0.05) is 50.2 Å². The third-order valence-electron chi connectivity index (χ3n) is 6.00. The number of para-hydroxylation sites is 2. The lowest BCUT2D eigenvalue weighted by Crippen LogP contribution is -2.32. The Bertz CT molecular complexity index is 1120. The number of benzene rings is 2. The summed E-state index contributed by atoms with van der Waals surface area (Å²) in [5, 5.41) is 3.39. The Kier molecular flexibility index (Phi) is 4.35. The molecule has 0 spiro atoms. The van der Waals surface area contributed by atoms with E-state index in [1.165, 1.54) is 5.56 Å². The van der Waals surface area contributed by atoms with Crippen LogP contribution in [0.25, 0.3) is 0 Å². The molecule has 0 saturated carbocycles. The second-order valence-corrected chi connectivity index (χ2v) is 9.18. The first-order valence-corrected chi connectivity index (χ1v) is 10.5.